The third-order valence-corrected chi connectivity index (χ3v) is 2.56. The first kappa shape index (κ1) is 10.8. The van der Waals surface area contributed by atoms with Crippen molar-refractivity contribution in [2.75, 3.05) is 0 Å². The summed E-state index contributed by atoms with van der Waals surface area (Å²) in [6.45, 7) is 1.79. The van der Waals surface area contributed by atoms with Crippen molar-refractivity contribution in [3.8, 4) is 11.5 Å². The number of hydrogen-bond donors (Lipinski definition) is 1. The first-order valence-electron chi connectivity index (χ1n) is 5.55. The van der Waals surface area contributed by atoms with Crippen LogP contribution >= 0.6 is 0 Å². The molecule has 6 nitrogen and oxygen atoms in total. The van der Waals surface area contributed by atoms with Gasteiger partial charge < -0.3 is 10.2 Å². The van der Waals surface area contributed by atoms with Crippen LogP contribution in [0.3, 0.4) is 0 Å². The smallest absolute Gasteiger partial charge is 0.250 e. The largest absolute Gasteiger partial charge is 0.419 e. The molecular formula is C12H11N5O. The molecule has 2 heterocycles. The van der Waals surface area contributed by atoms with Crippen LogP contribution in [0.5, 0.6) is 0 Å². The maximum Gasteiger partial charge on any atom is 0.250 e. The molecule has 2 N–H and O–H groups in total. The Morgan fingerprint density at radius 1 is 1.17 bits per heavy atom. The second-order valence-electron chi connectivity index (χ2n) is 3.96. The van der Waals surface area contributed by atoms with E-state index in [2.05, 4.69) is 20.2 Å². The maximum atomic E-state index is 5.69. The number of hydrogen-bond acceptors (Lipinski definition) is 6. The van der Waals surface area contributed by atoms with Crippen LogP contribution < -0.4 is 5.73 Å². The van der Waals surface area contributed by atoms with E-state index in [4.69, 9.17) is 10.2 Å². The highest BCUT2D eigenvalue weighted by Crippen LogP contribution is 2.25. The zero-order chi connectivity index (χ0) is 12.5. The number of benzene rings is 1. The lowest BCUT2D eigenvalue weighted by Gasteiger charge is -2.00. The fourth-order valence-corrected chi connectivity index (χ4v) is 1.69. The van der Waals surface area contributed by atoms with E-state index >= 15 is 0 Å². The number of nitrogens with zero attached hydrogens (tertiary/aromatic N) is 4. The predicted octanol–water partition coefficient (Wildman–Crippen LogP) is 1.70. The van der Waals surface area contributed by atoms with Gasteiger partial charge in [0.05, 0.1) is 17.1 Å². The summed E-state index contributed by atoms with van der Waals surface area (Å²) in [4.78, 5) is 8.52. The van der Waals surface area contributed by atoms with E-state index in [0.717, 1.165) is 16.6 Å². The van der Waals surface area contributed by atoms with Gasteiger partial charge >= 0.3 is 0 Å². The van der Waals surface area contributed by atoms with Gasteiger partial charge in [-0.15, -0.1) is 10.2 Å². The van der Waals surface area contributed by atoms with Gasteiger partial charge in [-0.25, -0.2) is 0 Å². The predicted molar refractivity (Wildman–Crippen MR) is 65.4 cm³/mol. The van der Waals surface area contributed by atoms with Gasteiger partial charge in [0, 0.05) is 12.4 Å². The van der Waals surface area contributed by atoms with E-state index < -0.39 is 0 Å². The average Bonchev–Trinajstić information content (AvgIpc) is 2.87. The quantitative estimate of drug-likeness (QED) is 0.734. The fourth-order valence-electron chi connectivity index (χ4n) is 1.69. The monoisotopic (exact) mass is 241 g/mol. The van der Waals surface area contributed by atoms with Crippen molar-refractivity contribution in [1.82, 2.24) is 20.2 Å². The zero-order valence-electron chi connectivity index (χ0n) is 9.74. The van der Waals surface area contributed by atoms with Crippen molar-refractivity contribution < 1.29 is 4.42 Å². The number of nitrogens with two attached hydrogens (primary N) is 1. The second-order valence-corrected chi connectivity index (χ2v) is 3.96. The topological polar surface area (TPSA) is 90.7 Å². The number of rotatable bonds is 2. The first-order valence-corrected chi connectivity index (χ1v) is 5.55. The highest BCUT2D eigenvalue weighted by atomic mass is 16.4. The molecule has 0 radical (unpaired) electrons. The van der Waals surface area contributed by atoms with E-state index in [1.807, 2.05) is 18.2 Å². The Bertz CT molecular complexity index is 686. The maximum absolute atomic E-state index is 5.69. The van der Waals surface area contributed by atoms with Gasteiger partial charge in [0.2, 0.25) is 11.8 Å². The molecule has 0 aliphatic rings. The van der Waals surface area contributed by atoms with E-state index in [9.17, 15) is 0 Å². The zero-order valence-corrected chi connectivity index (χ0v) is 9.74. The first-order chi connectivity index (χ1) is 8.75. The van der Waals surface area contributed by atoms with Crippen molar-refractivity contribution in [3.05, 3.63) is 36.5 Å². The molecule has 0 saturated heterocycles. The number of para-hydroxylation sites is 1. The van der Waals surface area contributed by atoms with Crippen LogP contribution in [0.2, 0.25) is 0 Å². The minimum absolute atomic E-state index is 0.285. The van der Waals surface area contributed by atoms with Gasteiger partial charge in [-0.3, -0.25) is 9.97 Å². The summed E-state index contributed by atoms with van der Waals surface area (Å²) in [6.07, 6.45) is 3.28. The lowest BCUT2D eigenvalue weighted by Crippen LogP contribution is -2.04. The summed E-state index contributed by atoms with van der Waals surface area (Å²) in [7, 11) is 0. The summed E-state index contributed by atoms with van der Waals surface area (Å²) < 4.78 is 5.52. The van der Waals surface area contributed by atoms with Crippen molar-refractivity contribution in [3.63, 3.8) is 0 Å². The van der Waals surface area contributed by atoms with Crippen LogP contribution in [-0.2, 0) is 0 Å². The summed E-state index contributed by atoms with van der Waals surface area (Å²) >= 11 is 0. The molecule has 3 rings (SSSR count). The number of fused-ring (bicyclic) bond motifs is 1. The molecule has 1 atom stereocenters. The Balaban J connectivity index is 2.18. The fraction of sp³-hybridized carbons (Fsp3) is 0.167. The van der Waals surface area contributed by atoms with Crippen LogP contribution in [0.1, 0.15) is 18.9 Å². The minimum atomic E-state index is -0.285. The van der Waals surface area contributed by atoms with Crippen molar-refractivity contribution in [2.45, 2.75) is 13.0 Å². The van der Waals surface area contributed by atoms with Gasteiger partial charge in [-0.2, -0.15) is 0 Å². The molecule has 2 aromatic heterocycles. The van der Waals surface area contributed by atoms with E-state index in [1.165, 1.54) is 0 Å². The van der Waals surface area contributed by atoms with Crippen LogP contribution in [0.4, 0.5) is 0 Å². The lowest BCUT2D eigenvalue weighted by molar-refractivity contribution is 0.473. The molecule has 0 amide bonds. The molecule has 6 heteroatoms. The molecule has 1 unspecified atom stereocenters. The van der Waals surface area contributed by atoms with Crippen molar-refractivity contribution in [2.24, 2.45) is 5.73 Å². The molecule has 0 aliphatic heterocycles. The summed E-state index contributed by atoms with van der Waals surface area (Å²) in [6, 6.07) is 5.35. The molecular weight excluding hydrogens is 230 g/mol. The Morgan fingerprint density at radius 2 is 2.00 bits per heavy atom. The highest BCUT2D eigenvalue weighted by Gasteiger charge is 2.14. The van der Waals surface area contributed by atoms with Crippen molar-refractivity contribution in [1.29, 1.82) is 0 Å². The van der Waals surface area contributed by atoms with Crippen LogP contribution in [-0.4, -0.2) is 20.2 Å². The Hall–Kier alpha value is -2.34. The van der Waals surface area contributed by atoms with Crippen LogP contribution in [0.25, 0.3) is 22.5 Å². The Labute approximate surface area is 103 Å². The lowest BCUT2D eigenvalue weighted by atomic mass is 10.2. The summed E-state index contributed by atoms with van der Waals surface area (Å²) in [5.41, 5.74) is 7.98. The standard InChI is InChI=1S/C12H11N5O/c1-7(13)11-16-17-12(18-11)8-3-2-4-9-10(8)15-6-5-14-9/h2-7H,13H2,1H3. The second kappa shape index (κ2) is 4.15. The highest BCUT2D eigenvalue weighted by molar-refractivity contribution is 5.88. The molecule has 18 heavy (non-hydrogen) atoms. The van der Waals surface area contributed by atoms with E-state index in [1.54, 1.807) is 19.3 Å². The van der Waals surface area contributed by atoms with Gasteiger partial charge in [0.25, 0.3) is 0 Å². The minimum Gasteiger partial charge on any atom is -0.419 e. The molecule has 0 aliphatic carbocycles. The van der Waals surface area contributed by atoms with Gasteiger partial charge in [0.1, 0.15) is 5.52 Å². The summed E-state index contributed by atoms with van der Waals surface area (Å²) in [5, 5.41) is 7.90. The third kappa shape index (κ3) is 1.72. The molecule has 0 saturated carbocycles. The molecule has 0 bridgehead atoms. The Kier molecular flexibility index (Phi) is 2.49. The van der Waals surface area contributed by atoms with Gasteiger partial charge in [-0.1, -0.05) is 6.07 Å². The van der Waals surface area contributed by atoms with Crippen LogP contribution in [0.15, 0.2) is 35.0 Å². The Morgan fingerprint density at radius 3 is 2.78 bits per heavy atom. The average molecular weight is 241 g/mol. The number of aromatic nitrogens is 4. The van der Waals surface area contributed by atoms with Gasteiger partial charge in [0.15, 0.2) is 0 Å². The third-order valence-electron chi connectivity index (χ3n) is 2.56. The summed E-state index contributed by atoms with van der Waals surface area (Å²) in [5.74, 6) is 0.819. The van der Waals surface area contributed by atoms with Gasteiger partial charge in [-0.05, 0) is 19.1 Å². The molecule has 90 valence electrons. The van der Waals surface area contributed by atoms with E-state index in [-0.39, 0.29) is 6.04 Å². The molecule has 0 spiro atoms. The molecule has 3 aromatic rings. The molecule has 0 fully saturated rings. The van der Waals surface area contributed by atoms with Crippen LogP contribution in [0, 0.1) is 0 Å². The van der Waals surface area contributed by atoms with Crippen molar-refractivity contribution >= 4 is 11.0 Å². The van der Waals surface area contributed by atoms with E-state index in [0.29, 0.717) is 11.8 Å². The SMILES string of the molecule is CC(N)c1nnc(-c2cccc3nccnc23)o1. The normalized spacial score (nSPS) is 12.8. The molecule has 1 aromatic carbocycles.